The molecule has 4 rings (SSSR count). The standard InChI is InChI=1S/C29H33N3O6S/c1-19-26(28(34)38-14-13-35-3)27(21-11-12-23(36-4)24(15-21)37-5)32-22(18-39-29(32)30-19)16-25(33)31(2)17-20-9-7-6-8-10-20/h6-12,15,18,27H,13-14,16-17H2,1-5H3/t27-/m0/s1. The van der Waals surface area contributed by atoms with Gasteiger partial charge in [0.2, 0.25) is 5.91 Å². The third kappa shape index (κ3) is 6.29. The first kappa shape index (κ1) is 28.3. The van der Waals surface area contributed by atoms with Crippen molar-refractivity contribution in [1.82, 2.24) is 9.80 Å². The van der Waals surface area contributed by atoms with Crippen molar-refractivity contribution in [2.24, 2.45) is 4.99 Å². The van der Waals surface area contributed by atoms with E-state index in [-0.39, 0.29) is 25.5 Å². The zero-order chi connectivity index (χ0) is 27.9. The van der Waals surface area contributed by atoms with Gasteiger partial charge in [-0.2, -0.15) is 0 Å². The van der Waals surface area contributed by atoms with Gasteiger partial charge in [0.25, 0.3) is 0 Å². The lowest BCUT2D eigenvalue weighted by atomic mass is 9.93. The molecule has 2 aromatic rings. The van der Waals surface area contributed by atoms with Gasteiger partial charge in [-0.3, -0.25) is 4.79 Å². The number of hydrogen-bond acceptors (Lipinski definition) is 9. The van der Waals surface area contributed by atoms with Crippen LogP contribution in [0, 0.1) is 0 Å². The monoisotopic (exact) mass is 551 g/mol. The molecule has 0 fully saturated rings. The largest absolute Gasteiger partial charge is 0.493 e. The number of amidine groups is 1. The number of fused-ring (bicyclic) bond motifs is 1. The van der Waals surface area contributed by atoms with Crippen molar-refractivity contribution in [2.75, 3.05) is 41.6 Å². The molecule has 10 heteroatoms. The van der Waals surface area contributed by atoms with Crippen LogP contribution >= 0.6 is 11.8 Å². The van der Waals surface area contributed by atoms with Crippen LogP contribution in [0.1, 0.15) is 30.5 Å². The number of allylic oxidation sites excluding steroid dienone is 1. The summed E-state index contributed by atoms with van der Waals surface area (Å²) in [5.41, 5.74) is 3.51. The zero-order valence-corrected chi connectivity index (χ0v) is 23.6. The lowest BCUT2D eigenvalue weighted by Crippen LogP contribution is -2.38. The van der Waals surface area contributed by atoms with E-state index in [1.165, 1.54) is 11.8 Å². The van der Waals surface area contributed by atoms with Crippen LogP contribution in [0.2, 0.25) is 0 Å². The van der Waals surface area contributed by atoms with Gasteiger partial charge in [-0.05, 0) is 35.6 Å². The number of methoxy groups -OCH3 is 3. The quantitative estimate of drug-likeness (QED) is 0.298. The van der Waals surface area contributed by atoms with E-state index in [0.29, 0.717) is 34.5 Å². The topological polar surface area (TPSA) is 89.9 Å². The molecule has 1 amide bonds. The zero-order valence-electron chi connectivity index (χ0n) is 22.8. The van der Waals surface area contributed by atoms with Gasteiger partial charge in [-0.15, -0.1) is 0 Å². The number of hydrogen-bond donors (Lipinski definition) is 0. The van der Waals surface area contributed by atoms with Crippen LogP contribution in [0.3, 0.4) is 0 Å². The summed E-state index contributed by atoms with van der Waals surface area (Å²) in [7, 11) is 6.47. The Morgan fingerprint density at radius 2 is 1.77 bits per heavy atom. The van der Waals surface area contributed by atoms with Crippen molar-refractivity contribution in [3.63, 3.8) is 0 Å². The van der Waals surface area contributed by atoms with Gasteiger partial charge in [0.05, 0.1) is 44.6 Å². The summed E-state index contributed by atoms with van der Waals surface area (Å²) >= 11 is 1.43. The smallest absolute Gasteiger partial charge is 0.338 e. The van der Waals surface area contributed by atoms with Crippen molar-refractivity contribution in [3.05, 3.63) is 82.0 Å². The van der Waals surface area contributed by atoms with Gasteiger partial charge in [0, 0.05) is 26.4 Å². The van der Waals surface area contributed by atoms with Gasteiger partial charge in [-0.1, -0.05) is 48.2 Å². The van der Waals surface area contributed by atoms with E-state index in [9.17, 15) is 9.59 Å². The van der Waals surface area contributed by atoms with Gasteiger partial charge in [0.15, 0.2) is 16.7 Å². The molecular formula is C29H33N3O6S. The Kier molecular flexibility index (Phi) is 9.32. The van der Waals surface area contributed by atoms with Crippen LogP contribution in [-0.2, 0) is 25.6 Å². The normalized spacial score (nSPS) is 16.3. The van der Waals surface area contributed by atoms with Gasteiger partial charge in [-0.25, -0.2) is 9.79 Å². The Labute approximate surface area is 233 Å². The van der Waals surface area contributed by atoms with Crippen molar-refractivity contribution in [1.29, 1.82) is 0 Å². The molecule has 0 aliphatic carbocycles. The second-order valence-electron chi connectivity index (χ2n) is 9.05. The summed E-state index contributed by atoms with van der Waals surface area (Å²) < 4.78 is 21.6. The van der Waals surface area contributed by atoms with Crippen LogP contribution < -0.4 is 9.47 Å². The summed E-state index contributed by atoms with van der Waals surface area (Å²) in [5.74, 6) is 0.560. The van der Waals surface area contributed by atoms with Crippen LogP contribution in [0.5, 0.6) is 11.5 Å². The first-order valence-corrected chi connectivity index (χ1v) is 13.4. The Balaban J connectivity index is 1.67. The van der Waals surface area contributed by atoms with Gasteiger partial charge < -0.3 is 28.7 Å². The molecule has 0 spiro atoms. The third-order valence-corrected chi connectivity index (χ3v) is 7.37. The second-order valence-corrected chi connectivity index (χ2v) is 9.88. The summed E-state index contributed by atoms with van der Waals surface area (Å²) in [4.78, 5) is 35.1. The second kappa shape index (κ2) is 12.9. The lowest BCUT2D eigenvalue weighted by molar-refractivity contribution is -0.141. The van der Waals surface area contributed by atoms with E-state index >= 15 is 0 Å². The van der Waals surface area contributed by atoms with Crippen molar-refractivity contribution < 1.29 is 28.5 Å². The molecule has 2 aliphatic heterocycles. The molecule has 0 N–H and O–H groups in total. The highest BCUT2D eigenvalue weighted by Gasteiger charge is 2.41. The molecule has 0 saturated heterocycles. The maximum absolute atomic E-state index is 13.4. The predicted octanol–water partition coefficient (Wildman–Crippen LogP) is 4.52. The molecule has 0 radical (unpaired) electrons. The molecule has 2 heterocycles. The number of thioether (sulfide) groups is 1. The minimum atomic E-state index is -0.583. The first-order valence-electron chi connectivity index (χ1n) is 12.5. The SMILES string of the molecule is COCCOC(=O)C1=C(C)N=C2SC=C(CC(=O)N(C)Cc3ccccc3)N2[C@H]1c1ccc(OC)c(OC)c1. The molecule has 0 aromatic heterocycles. The number of amides is 1. The number of rotatable bonds is 11. The summed E-state index contributed by atoms with van der Waals surface area (Å²) in [6.07, 6.45) is 0.143. The molecule has 206 valence electrons. The number of aliphatic imine (C=N–C) groups is 1. The highest BCUT2D eigenvalue weighted by atomic mass is 32.2. The number of carbonyl (C=O) groups excluding carboxylic acids is 2. The predicted molar refractivity (Wildman–Crippen MR) is 150 cm³/mol. The fourth-order valence-corrected chi connectivity index (χ4v) is 5.46. The summed E-state index contributed by atoms with van der Waals surface area (Å²) in [6, 6.07) is 14.8. The van der Waals surface area contributed by atoms with E-state index in [0.717, 1.165) is 16.8 Å². The molecular weight excluding hydrogens is 518 g/mol. The Hall–Kier alpha value is -3.76. The van der Waals surface area contributed by atoms with Crippen molar-refractivity contribution in [3.8, 4) is 11.5 Å². The number of benzene rings is 2. The number of nitrogens with zero attached hydrogens (tertiary/aromatic N) is 3. The van der Waals surface area contributed by atoms with Crippen LogP contribution in [0.4, 0.5) is 0 Å². The fourth-order valence-electron chi connectivity index (χ4n) is 4.50. The highest BCUT2D eigenvalue weighted by molar-refractivity contribution is 8.16. The first-order chi connectivity index (χ1) is 18.9. The summed E-state index contributed by atoms with van der Waals surface area (Å²) in [5, 5.41) is 2.61. The van der Waals surface area contributed by atoms with E-state index in [2.05, 4.69) is 0 Å². The number of carbonyl (C=O) groups is 2. The lowest BCUT2D eigenvalue weighted by Gasteiger charge is -2.36. The molecule has 0 saturated carbocycles. The minimum Gasteiger partial charge on any atom is -0.493 e. The van der Waals surface area contributed by atoms with E-state index in [1.54, 1.807) is 46.3 Å². The van der Waals surface area contributed by atoms with E-state index in [1.807, 2.05) is 52.8 Å². The fraction of sp³-hybridized carbons (Fsp3) is 0.345. The Morgan fingerprint density at radius 1 is 1.03 bits per heavy atom. The number of esters is 1. The third-order valence-electron chi connectivity index (χ3n) is 6.49. The molecule has 0 unspecified atom stereocenters. The van der Waals surface area contributed by atoms with E-state index in [4.69, 9.17) is 23.9 Å². The molecule has 0 bridgehead atoms. The molecule has 2 aliphatic rings. The van der Waals surface area contributed by atoms with Gasteiger partial charge >= 0.3 is 5.97 Å². The van der Waals surface area contributed by atoms with Crippen LogP contribution in [0.15, 0.2) is 75.9 Å². The highest BCUT2D eigenvalue weighted by Crippen LogP contribution is 2.46. The van der Waals surface area contributed by atoms with Crippen LogP contribution in [-0.4, -0.2) is 68.4 Å². The van der Waals surface area contributed by atoms with E-state index < -0.39 is 12.0 Å². The average Bonchev–Trinajstić information content (AvgIpc) is 3.34. The molecule has 1 atom stereocenters. The minimum absolute atomic E-state index is 0.0477. The average molecular weight is 552 g/mol. The Bertz CT molecular complexity index is 1310. The molecule has 9 nitrogen and oxygen atoms in total. The molecule has 39 heavy (non-hydrogen) atoms. The van der Waals surface area contributed by atoms with Crippen molar-refractivity contribution in [2.45, 2.75) is 25.9 Å². The Morgan fingerprint density at radius 3 is 2.46 bits per heavy atom. The maximum Gasteiger partial charge on any atom is 0.338 e. The summed E-state index contributed by atoms with van der Waals surface area (Å²) in [6.45, 7) is 2.68. The number of ether oxygens (including phenoxy) is 4. The van der Waals surface area contributed by atoms with Gasteiger partial charge in [0.1, 0.15) is 6.61 Å². The van der Waals surface area contributed by atoms with Crippen molar-refractivity contribution >= 4 is 28.8 Å². The van der Waals surface area contributed by atoms with Crippen LogP contribution in [0.25, 0.3) is 0 Å². The maximum atomic E-state index is 13.4. The molecule has 2 aromatic carbocycles.